The first-order valence-corrected chi connectivity index (χ1v) is 5.35. The van der Waals surface area contributed by atoms with Gasteiger partial charge in [0.05, 0.1) is 13.1 Å². The fraction of sp³-hybridized carbons (Fsp3) is 1.00. The van der Waals surface area contributed by atoms with E-state index in [4.69, 9.17) is 0 Å². The summed E-state index contributed by atoms with van der Waals surface area (Å²) in [7, 11) is 1.56. The quantitative estimate of drug-likeness (QED) is 0.712. The molecular weight excluding hydrogens is 186 g/mol. The van der Waals surface area contributed by atoms with E-state index < -0.39 is 5.92 Å². The van der Waals surface area contributed by atoms with Crippen LogP contribution in [0.2, 0.25) is 0 Å². The van der Waals surface area contributed by atoms with Gasteiger partial charge in [-0.15, -0.1) is 0 Å². The molecule has 0 radical (unpaired) electrons. The van der Waals surface area contributed by atoms with Crippen LogP contribution >= 0.6 is 0 Å². The molecule has 1 fully saturated rings. The van der Waals surface area contributed by atoms with Gasteiger partial charge in [0.25, 0.3) is 5.92 Å². The van der Waals surface area contributed by atoms with Gasteiger partial charge in [-0.1, -0.05) is 13.3 Å². The lowest BCUT2D eigenvalue weighted by atomic mass is 9.91. The summed E-state index contributed by atoms with van der Waals surface area (Å²) in [5.41, 5.74) is 0. The van der Waals surface area contributed by atoms with Gasteiger partial charge >= 0.3 is 0 Å². The summed E-state index contributed by atoms with van der Waals surface area (Å²) in [6.45, 7) is 2.35. The fourth-order valence-corrected chi connectivity index (χ4v) is 1.86. The minimum Gasteiger partial charge on any atom is -0.314 e. The Kier molecular flexibility index (Phi) is 4.26. The van der Waals surface area contributed by atoms with Crippen LogP contribution in [0.5, 0.6) is 0 Å². The van der Waals surface area contributed by atoms with E-state index in [0.717, 1.165) is 19.4 Å². The van der Waals surface area contributed by atoms with Crippen LogP contribution < -0.4 is 5.32 Å². The molecule has 0 spiro atoms. The maximum Gasteiger partial charge on any atom is 0.272 e. The maximum absolute atomic E-state index is 13.3. The molecule has 2 nitrogen and oxygen atoms in total. The average molecular weight is 206 g/mol. The molecule has 84 valence electrons. The third-order valence-electron chi connectivity index (χ3n) is 2.87. The molecule has 0 atom stereocenters. The Hall–Kier alpha value is -0.220. The molecule has 0 amide bonds. The molecule has 1 aliphatic carbocycles. The van der Waals surface area contributed by atoms with Gasteiger partial charge in [0, 0.05) is 6.04 Å². The smallest absolute Gasteiger partial charge is 0.272 e. The third-order valence-corrected chi connectivity index (χ3v) is 2.87. The molecule has 14 heavy (non-hydrogen) atoms. The second-order valence-corrected chi connectivity index (χ2v) is 4.03. The number of halogens is 2. The molecule has 1 saturated carbocycles. The van der Waals surface area contributed by atoms with Crippen LogP contribution in [0.1, 0.15) is 26.2 Å². The van der Waals surface area contributed by atoms with E-state index in [1.807, 2.05) is 11.8 Å². The normalized spacial score (nSPS) is 18.6. The van der Waals surface area contributed by atoms with Crippen molar-refractivity contribution in [3.63, 3.8) is 0 Å². The second kappa shape index (κ2) is 5.03. The maximum atomic E-state index is 13.3. The zero-order valence-corrected chi connectivity index (χ0v) is 9.02. The summed E-state index contributed by atoms with van der Waals surface area (Å²) in [6.07, 6.45) is 3.37. The van der Waals surface area contributed by atoms with E-state index in [1.165, 1.54) is 6.42 Å². The summed E-state index contributed by atoms with van der Waals surface area (Å²) < 4.78 is 26.6. The second-order valence-electron chi connectivity index (χ2n) is 4.03. The van der Waals surface area contributed by atoms with Crippen molar-refractivity contribution in [1.82, 2.24) is 10.2 Å². The largest absolute Gasteiger partial charge is 0.314 e. The van der Waals surface area contributed by atoms with Crippen molar-refractivity contribution in [2.45, 2.75) is 38.2 Å². The predicted octanol–water partition coefficient (Wildman–Crippen LogP) is 1.72. The van der Waals surface area contributed by atoms with Crippen LogP contribution in [0.15, 0.2) is 0 Å². The Morgan fingerprint density at radius 2 is 2.07 bits per heavy atom. The molecule has 4 heteroatoms. The highest BCUT2D eigenvalue weighted by Crippen LogP contribution is 2.27. The summed E-state index contributed by atoms with van der Waals surface area (Å²) in [6, 6.07) is 0.405. The highest BCUT2D eigenvalue weighted by molar-refractivity contribution is 4.83. The van der Waals surface area contributed by atoms with Crippen LogP contribution in [0.4, 0.5) is 8.78 Å². The van der Waals surface area contributed by atoms with Crippen LogP contribution in [0, 0.1) is 0 Å². The van der Waals surface area contributed by atoms with E-state index in [2.05, 4.69) is 5.32 Å². The number of nitrogens with one attached hydrogen (secondary N) is 1. The number of nitrogens with zero attached hydrogens (tertiary/aromatic N) is 1. The lowest BCUT2D eigenvalue weighted by Crippen LogP contribution is -2.49. The number of hydrogen-bond donors (Lipinski definition) is 1. The van der Waals surface area contributed by atoms with Crippen LogP contribution in [-0.4, -0.2) is 43.5 Å². The molecule has 0 aromatic carbocycles. The minimum absolute atomic E-state index is 0.102. The molecule has 0 aromatic rings. The molecular formula is C10H20F2N2. The standard InChI is InChI=1S/C10H20F2N2/c1-3-14(9-5-4-6-9)8-10(11,12)7-13-2/h9,13H,3-8H2,1-2H3. The average Bonchev–Trinajstić information content (AvgIpc) is 1.99. The highest BCUT2D eigenvalue weighted by Gasteiger charge is 2.34. The Labute approximate surface area is 84.7 Å². The first-order chi connectivity index (χ1) is 6.59. The van der Waals surface area contributed by atoms with Gasteiger partial charge in [0.1, 0.15) is 0 Å². The van der Waals surface area contributed by atoms with Crippen molar-refractivity contribution in [3.8, 4) is 0 Å². The molecule has 0 bridgehead atoms. The van der Waals surface area contributed by atoms with E-state index >= 15 is 0 Å². The molecule has 1 N–H and O–H groups in total. The lowest BCUT2D eigenvalue weighted by Gasteiger charge is -2.38. The molecule has 1 rings (SSSR count). The van der Waals surface area contributed by atoms with Gasteiger partial charge in [-0.2, -0.15) is 0 Å². The van der Waals surface area contributed by atoms with E-state index in [-0.39, 0.29) is 13.1 Å². The van der Waals surface area contributed by atoms with Gasteiger partial charge in [-0.25, -0.2) is 8.78 Å². The topological polar surface area (TPSA) is 15.3 Å². The Morgan fingerprint density at radius 1 is 1.43 bits per heavy atom. The van der Waals surface area contributed by atoms with Crippen LogP contribution in [-0.2, 0) is 0 Å². The van der Waals surface area contributed by atoms with E-state index in [9.17, 15) is 8.78 Å². The summed E-state index contributed by atoms with van der Waals surface area (Å²) >= 11 is 0. The molecule has 1 aliphatic rings. The first kappa shape index (κ1) is 11.9. The summed E-state index contributed by atoms with van der Waals surface area (Å²) in [5, 5.41) is 2.54. The summed E-state index contributed by atoms with van der Waals surface area (Å²) in [5.74, 6) is -2.60. The fourth-order valence-electron chi connectivity index (χ4n) is 1.86. The van der Waals surface area contributed by atoms with Crippen molar-refractivity contribution in [2.75, 3.05) is 26.7 Å². The van der Waals surface area contributed by atoms with Crippen molar-refractivity contribution in [1.29, 1.82) is 0 Å². The molecule has 0 heterocycles. The highest BCUT2D eigenvalue weighted by atomic mass is 19.3. The zero-order chi connectivity index (χ0) is 10.6. The Morgan fingerprint density at radius 3 is 2.43 bits per heavy atom. The molecule has 0 aromatic heterocycles. The van der Waals surface area contributed by atoms with Gasteiger partial charge in [-0.05, 0) is 26.4 Å². The monoisotopic (exact) mass is 206 g/mol. The van der Waals surface area contributed by atoms with Crippen molar-refractivity contribution >= 4 is 0 Å². The van der Waals surface area contributed by atoms with Gasteiger partial charge in [0.15, 0.2) is 0 Å². The number of rotatable bonds is 6. The summed E-state index contributed by atoms with van der Waals surface area (Å²) in [4.78, 5) is 1.90. The Balaban J connectivity index is 2.37. The minimum atomic E-state index is -2.60. The van der Waals surface area contributed by atoms with E-state index in [1.54, 1.807) is 7.05 Å². The van der Waals surface area contributed by atoms with Crippen molar-refractivity contribution < 1.29 is 8.78 Å². The van der Waals surface area contributed by atoms with Gasteiger partial charge < -0.3 is 5.32 Å². The van der Waals surface area contributed by atoms with Crippen LogP contribution in [0.25, 0.3) is 0 Å². The van der Waals surface area contributed by atoms with Crippen molar-refractivity contribution in [2.24, 2.45) is 0 Å². The molecule has 0 unspecified atom stereocenters. The van der Waals surface area contributed by atoms with Crippen molar-refractivity contribution in [3.05, 3.63) is 0 Å². The SMILES string of the molecule is CCN(CC(F)(F)CNC)C1CCC1. The number of alkyl halides is 2. The zero-order valence-electron chi connectivity index (χ0n) is 9.02. The van der Waals surface area contributed by atoms with E-state index in [0.29, 0.717) is 6.04 Å². The third kappa shape index (κ3) is 3.17. The molecule has 0 saturated heterocycles. The van der Waals surface area contributed by atoms with Gasteiger partial charge in [0.2, 0.25) is 0 Å². The molecule has 0 aliphatic heterocycles. The lowest BCUT2D eigenvalue weighted by molar-refractivity contribution is -0.0467. The first-order valence-electron chi connectivity index (χ1n) is 5.35. The van der Waals surface area contributed by atoms with Crippen LogP contribution in [0.3, 0.4) is 0 Å². The Bertz CT molecular complexity index is 170. The predicted molar refractivity (Wildman–Crippen MR) is 53.8 cm³/mol. The number of hydrogen-bond acceptors (Lipinski definition) is 2. The van der Waals surface area contributed by atoms with Gasteiger partial charge in [-0.3, -0.25) is 4.90 Å².